The molecular formula is C47H64N6O9S2Si2. The number of methoxy groups -OCH3 is 3. The Morgan fingerprint density at radius 1 is 0.742 bits per heavy atom. The zero-order chi connectivity index (χ0) is 48.2. The van der Waals surface area contributed by atoms with Crippen LogP contribution in [-0.4, -0.2) is 103 Å². The summed E-state index contributed by atoms with van der Waals surface area (Å²) in [6.45, 7) is 16.7. The van der Waals surface area contributed by atoms with Gasteiger partial charge in [-0.15, -0.1) is 10.2 Å². The third-order valence-corrected chi connectivity index (χ3v) is 22.6. The number of benzene rings is 4. The van der Waals surface area contributed by atoms with E-state index in [0.29, 0.717) is 47.3 Å². The summed E-state index contributed by atoms with van der Waals surface area (Å²) in [5, 5.41) is 13.4. The lowest BCUT2D eigenvalue weighted by Crippen LogP contribution is -2.52. The SMILES string of the molecule is COc1ccc(CN(Cc2ccc(OC)cc2)S(=O)(=O)c2c(S(=O)(=O)CC[Si](C)(C)C)ccc(N3CCCC(O[Si](C)(C)C(C)(C)C)C3=O)c2-c2nnn(Cc3ccc(OC)cc3)n2)cc1. The van der Waals surface area contributed by atoms with Gasteiger partial charge >= 0.3 is 0 Å². The molecule has 0 saturated carbocycles. The third kappa shape index (κ3) is 11.8. The van der Waals surface area contributed by atoms with Crippen molar-refractivity contribution in [3.63, 3.8) is 0 Å². The highest BCUT2D eigenvalue weighted by Crippen LogP contribution is 2.44. The predicted octanol–water partition coefficient (Wildman–Crippen LogP) is 8.43. The van der Waals surface area contributed by atoms with Gasteiger partial charge in [0.15, 0.2) is 18.2 Å². The van der Waals surface area contributed by atoms with Crippen LogP contribution in [0.2, 0.25) is 43.8 Å². The van der Waals surface area contributed by atoms with Crippen LogP contribution in [0, 0.1) is 0 Å². The van der Waals surface area contributed by atoms with E-state index in [9.17, 15) is 13.2 Å². The van der Waals surface area contributed by atoms with Crippen molar-refractivity contribution in [3.8, 4) is 28.6 Å². The Labute approximate surface area is 392 Å². The molecule has 0 aliphatic carbocycles. The summed E-state index contributed by atoms with van der Waals surface area (Å²) in [7, 11) is -8.96. The lowest BCUT2D eigenvalue weighted by molar-refractivity contribution is -0.127. The fourth-order valence-corrected chi connectivity index (χ4v) is 15.4. The van der Waals surface area contributed by atoms with E-state index in [2.05, 4.69) is 63.8 Å². The van der Waals surface area contributed by atoms with E-state index in [1.54, 1.807) is 82.0 Å². The molecule has 0 radical (unpaired) electrons. The van der Waals surface area contributed by atoms with Crippen molar-refractivity contribution < 1.29 is 40.3 Å². The van der Waals surface area contributed by atoms with Crippen molar-refractivity contribution in [2.75, 3.05) is 38.5 Å². The van der Waals surface area contributed by atoms with E-state index in [1.807, 2.05) is 12.1 Å². The van der Waals surface area contributed by atoms with Gasteiger partial charge < -0.3 is 23.5 Å². The van der Waals surface area contributed by atoms with E-state index in [-0.39, 0.29) is 60.0 Å². The molecule has 6 rings (SSSR count). The predicted molar refractivity (Wildman–Crippen MR) is 262 cm³/mol. The lowest BCUT2D eigenvalue weighted by Gasteiger charge is -2.42. The van der Waals surface area contributed by atoms with Crippen LogP contribution in [-0.2, 0) is 48.7 Å². The fraction of sp³-hybridized carbons (Fsp3) is 0.447. The van der Waals surface area contributed by atoms with Crippen molar-refractivity contribution >= 4 is 47.8 Å². The first kappa shape index (κ1) is 50.5. The van der Waals surface area contributed by atoms with Crippen LogP contribution in [0.25, 0.3) is 11.4 Å². The largest absolute Gasteiger partial charge is 0.497 e. The third-order valence-electron chi connectivity index (χ3n) is 12.3. The zero-order valence-electron chi connectivity index (χ0n) is 40.0. The number of sulfone groups is 1. The van der Waals surface area contributed by atoms with E-state index >= 15 is 8.42 Å². The van der Waals surface area contributed by atoms with E-state index < -0.39 is 52.1 Å². The van der Waals surface area contributed by atoms with Gasteiger partial charge in [0, 0.05) is 27.7 Å². The number of piperidine rings is 1. The number of carbonyl (C=O) groups excluding carboxylic acids is 1. The van der Waals surface area contributed by atoms with Gasteiger partial charge in [0.2, 0.25) is 15.8 Å². The molecule has 1 atom stereocenters. The molecule has 66 heavy (non-hydrogen) atoms. The number of rotatable bonds is 19. The second-order valence-corrected chi connectivity index (χ2v) is 33.7. The number of hydrogen-bond donors (Lipinski definition) is 0. The standard InChI is InChI=1S/C47H64N6O9S2Si2/c1-47(2,3)66(10,11)62-41-13-12-28-52(46(41)54)40-26-27-42(63(55,56)29-30-65(7,8)9)44(43(40)45-48-50-53(49-45)33-36-18-24-39(61-6)25-19-36)64(57,58)51(31-34-14-20-37(59-4)21-15-34)32-35-16-22-38(60-5)23-17-35/h14-27,41H,12-13,28-33H2,1-11H3. The normalized spacial score (nSPS) is 15.3. The number of hydrogen-bond acceptors (Lipinski definition) is 12. The van der Waals surface area contributed by atoms with Gasteiger partial charge in [-0.1, -0.05) is 76.8 Å². The summed E-state index contributed by atoms with van der Waals surface area (Å²) >= 11 is 0. The molecule has 0 bridgehead atoms. The maximum Gasteiger partial charge on any atom is 0.254 e. The molecule has 1 fully saturated rings. The van der Waals surface area contributed by atoms with E-state index in [1.165, 1.54) is 26.1 Å². The molecule has 4 aromatic carbocycles. The molecule has 0 spiro atoms. The molecule has 1 saturated heterocycles. The number of anilines is 1. The molecule has 1 amide bonds. The molecule has 15 nitrogen and oxygen atoms in total. The van der Waals surface area contributed by atoms with E-state index in [4.69, 9.17) is 23.7 Å². The van der Waals surface area contributed by atoms with Gasteiger partial charge in [-0.2, -0.15) is 9.10 Å². The van der Waals surface area contributed by atoms with E-state index in [0.717, 1.165) is 5.56 Å². The monoisotopic (exact) mass is 976 g/mol. The summed E-state index contributed by atoms with van der Waals surface area (Å²) in [4.78, 5) is 16.7. The number of carbonyl (C=O) groups is 1. The molecule has 5 aromatic rings. The molecule has 1 aliphatic heterocycles. The van der Waals surface area contributed by atoms with Crippen molar-refractivity contribution in [3.05, 3.63) is 102 Å². The van der Waals surface area contributed by atoms with Crippen molar-refractivity contribution in [1.29, 1.82) is 0 Å². The number of sulfonamides is 1. The molecular weight excluding hydrogens is 913 g/mol. The summed E-state index contributed by atoms with van der Waals surface area (Å²) in [5.74, 6) is 1.02. The summed E-state index contributed by atoms with van der Waals surface area (Å²) in [5.41, 5.74) is 2.05. The minimum Gasteiger partial charge on any atom is -0.497 e. The molecule has 19 heteroatoms. The van der Waals surface area contributed by atoms with Crippen LogP contribution in [0.3, 0.4) is 0 Å². The minimum absolute atomic E-state index is 0.138. The first-order valence-corrected chi connectivity index (χ1v) is 31.7. The summed E-state index contributed by atoms with van der Waals surface area (Å²) in [6.07, 6.45) is 0.203. The van der Waals surface area contributed by atoms with Crippen LogP contribution in [0.15, 0.2) is 94.7 Å². The highest BCUT2D eigenvalue weighted by Gasteiger charge is 2.45. The first-order valence-electron chi connectivity index (χ1n) is 22.0. The summed E-state index contributed by atoms with van der Waals surface area (Å²) < 4.78 is 86.1. The van der Waals surface area contributed by atoms with Gasteiger partial charge in [-0.25, -0.2) is 16.8 Å². The molecule has 2 heterocycles. The second kappa shape index (κ2) is 20.1. The maximum atomic E-state index is 16.1. The highest BCUT2D eigenvalue weighted by molar-refractivity contribution is 7.93. The average Bonchev–Trinajstić information content (AvgIpc) is 3.73. The van der Waals surface area contributed by atoms with Gasteiger partial charge in [-0.05, 0) is 107 Å². The topological polar surface area (TPSA) is 172 Å². The molecule has 1 aliphatic rings. The fourth-order valence-electron chi connectivity index (χ4n) is 7.30. The molecule has 1 aromatic heterocycles. The van der Waals surface area contributed by atoms with Gasteiger partial charge in [-0.3, -0.25) is 4.79 Å². The lowest BCUT2D eigenvalue weighted by atomic mass is 10.0. The van der Waals surface area contributed by atoms with Crippen molar-refractivity contribution in [2.45, 2.75) is 113 Å². The van der Waals surface area contributed by atoms with Crippen LogP contribution in [0.4, 0.5) is 5.69 Å². The van der Waals surface area contributed by atoms with Crippen LogP contribution >= 0.6 is 0 Å². The molecule has 356 valence electrons. The number of aromatic nitrogens is 4. The zero-order valence-corrected chi connectivity index (χ0v) is 43.6. The number of amides is 1. The van der Waals surface area contributed by atoms with Gasteiger partial charge in [0.1, 0.15) is 28.2 Å². The van der Waals surface area contributed by atoms with Gasteiger partial charge in [0.05, 0.1) is 49.8 Å². The average molecular weight is 977 g/mol. The smallest absolute Gasteiger partial charge is 0.254 e. The van der Waals surface area contributed by atoms with Crippen LogP contribution in [0.1, 0.15) is 50.3 Å². The van der Waals surface area contributed by atoms with Crippen LogP contribution in [0.5, 0.6) is 17.2 Å². The maximum absolute atomic E-state index is 16.1. The highest BCUT2D eigenvalue weighted by atomic mass is 32.2. The first-order chi connectivity index (χ1) is 31.0. The second-order valence-electron chi connectivity index (χ2n) is 19.4. The quantitative estimate of drug-likeness (QED) is 0.0725. The van der Waals surface area contributed by atoms with Gasteiger partial charge in [0.25, 0.3) is 5.91 Å². The Balaban J connectivity index is 1.63. The molecule has 1 unspecified atom stereocenters. The number of nitrogens with zero attached hydrogens (tertiary/aromatic N) is 6. The van der Waals surface area contributed by atoms with Crippen molar-refractivity contribution in [2.24, 2.45) is 0 Å². The Kier molecular flexibility index (Phi) is 15.4. The minimum atomic E-state index is -4.86. The van der Waals surface area contributed by atoms with Crippen molar-refractivity contribution in [1.82, 2.24) is 24.5 Å². The molecule has 0 N–H and O–H groups in total. The van der Waals surface area contributed by atoms with Crippen LogP contribution < -0.4 is 19.1 Å². The summed E-state index contributed by atoms with van der Waals surface area (Å²) in [6, 6.07) is 24.5. The number of tetrazole rings is 1. The Morgan fingerprint density at radius 3 is 1.74 bits per heavy atom. The number of ether oxygens (including phenoxy) is 3. The Hall–Kier alpha value is -4.93. The Bertz CT molecular complexity index is 2650. The Morgan fingerprint density at radius 2 is 1.26 bits per heavy atom.